The average Bonchev–Trinajstić information content (AvgIpc) is 2.88. The summed E-state index contributed by atoms with van der Waals surface area (Å²) in [6.45, 7) is 1.17. The molecule has 1 fully saturated rings. The molecule has 0 bridgehead atoms. The van der Waals surface area contributed by atoms with Gasteiger partial charge in [0.2, 0.25) is 6.29 Å². The minimum Gasteiger partial charge on any atom is -0.465 e. The zero-order valence-corrected chi connectivity index (χ0v) is 20.2. The zero-order chi connectivity index (χ0) is 27.2. The molecule has 4 atom stereocenters. The number of hydrogen-bond donors (Lipinski definition) is 6. The molecule has 0 radical (unpaired) electrons. The normalized spacial score (nSPS) is 21.3. The van der Waals surface area contributed by atoms with Crippen molar-refractivity contribution >= 4 is 29.8 Å². The van der Waals surface area contributed by atoms with E-state index in [9.17, 15) is 24.1 Å². The number of hydrazone groups is 1. The molecule has 1 aromatic heterocycles. The monoisotopic (exact) mass is 528 g/mol. The van der Waals surface area contributed by atoms with Crippen LogP contribution in [0.5, 0.6) is 5.75 Å². The molecule has 13 heteroatoms. The first-order valence-corrected chi connectivity index (χ1v) is 11.6. The fraction of sp³-hybridized carbons (Fsp3) is 0.280. The second kappa shape index (κ2) is 12.0. The molecule has 6 N–H and O–H groups in total. The molecule has 0 saturated carbocycles. The summed E-state index contributed by atoms with van der Waals surface area (Å²) >= 11 is 0. The lowest BCUT2D eigenvalue weighted by molar-refractivity contribution is -0.229. The molecular weight excluding hydrogens is 502 g/mol. The van der Waals surface area contributed by atoms with Crippen LogP contribution < -0.4 is 15.5 Å². The van der Waals surface area contributed by atoms with Crippen molar-refractivity contribution in [2.24, 2.45) is 5.10 Å². The van der Waals surface area contributed by atoms with Gasteiger partial charge in [0.15, 0.2) is 5.82 Å². The third kappa shape index (κ3) is 6.44. The molecule has 2 heterocycles. The van der Waals surface area contributed by atoms with Crippen molar-refractivity contribution in [3.8, 4) is 5.75 Å². The van der Waals surface area contributed by atoms with Gasteiger partial charge in [-0.15, -0.1) is 0 Å². The summed E-state index contributed by atoms with van der Waals surface area (Å²) in [6, 6.07) is 9.81. The van der Waals surface area contributed by atoms with Gasteiger partial charge in [0, 0.05) is 18.7 Å². The van der Waals surface area contributed by atoms with Crippen molar-refractivity contribution in [1.82, 2.24) is 9.97 Å². The van der Waals surface area contributed by atoms with E-state index in [1.54, 1.807) is 31.2 Å². The van der Waals surface area contributed by atoms with Gasteiger partial charge in [-0.1, -0.05) is 0 Å². The quantitative estimate of drug-likeness (QED) is 0.181. The van der Waals surface area contributed by atoms with Crippen molar-refractivity contribution in [2.75, 3.05) is 17.3 Å². The van der Waals surface area contributed by atoms with E-state index in [4.69, 9.17) is 14.9 Å². The number of ether oxygens (including phenoxy) is 2. The lowest BCUT2D eigenvalue weighted by Gasteiger charge is -2.36. The maximum Gasteiger partial charge on any atom is 0.202 e. The maximum atomic E-state index is 14.1. The second-order valence-electron chi connectivity index (χ2n) is 8.41. The van der Waals surface area contributed by atoms with Crippen molar-refractivity contribution in [1.29, 1.82) is 5.41 Å². The summed E-state index contributed by atoms with van der Waals surface area (Å²) in [6.07, 6.45) is -1.51. The number of anilines is 3. The number of aryl methyl sites for hydroxylation is 1. The van der Waals surface area contributed by atoms with Crippen molar-refractivity contribution in [3.05, 3.63) is 71.1 Å². The average molecular weight is 529 g/mol. The summed E-state index contributed by atoms with van der Waals surface area (Å²) in [7, 11) is 0. The molecule has 1 aliphatic heterocycles. The molecule has 38 heavy (non-hydrogen) atoms. The van der Waals surface area contributed by atoms with E-state index in [1.807, 2.05) is 0 Å². The van der Waals surface area contributed by atoms with Crippen LogP contribution in [0.3, 0.4) is 0 Å². The van der Waals surface area contributed by atoms with Gasteiger partial charge in [-0.05, 0) is 48.9 Å². The number of rotatable bonds is 9. The first kappa shape index (κ1) is 27.0. The van der Waals surface area contributed by atoms with E-state index in [0.29, 0.717) is 17.1 Å². The van der Waals surface area contributed by atoms with Gasteiger partial charge in [-0.3, -0.25) is 5.43 Å². The van der Waals surface area contributed by atoms with Gasteiger partial charge >= 0.3 is 0 Å². The molecule has 0 aliphatic carbocycles. The van der Waals surface area contributed by atoms with E-state index < -0.39 is 42.8 Å². The number of aliphatic hydroxyl groups is 3. The largest absolute Gasteiger partial charge is 0.465 e. The molecular formula is C25H26F2N6O5. The van der Waals surface area contributed by atoms with Crippen molar-refractivity contribution in [2.45, 2.75) is 37.9 Å². The van der Waals surface area contributed by atoms with Crippen LogP contribution in [0.4, 0.5) is 26.1 Å². The van der Waals surface area contributed by atoms with E-state index >= 15 is 0 Å². The molecule has 0 spiro atoms. The molecule has 3 aromatic rings. The van der Waals surface area contributed by atoms with E-state index in [1.165, 1.54) is 12.3 Å². The summed E-state index contributed by atoms with van der Waals surface area (Å²) in [5.74, 6) is -0.418. The maximum absolute atomic E-state index is 14.1. The molecule has 0 amide bonds. The molecule has 4 rings (SSSR count). The summed E-state index contributed by atoms with van der Waals surface area (Å²) < 4.78 is 38.5. The SMILES string of the molecule is Cc1nc(N/N=C\c2ccc(OC3CC(O)C(O)C(CO)O3)cc2)c(C=N)c(Nc2ccc(F)cc2F)n1. The van der Waals surface area contributed by atoms with Crippen LogP contribution >= 0.6 is 0 Å². The lowest BCUT2D eigenvalue weighted by atomic mass is 10.0. The topological polar surface area (TPSA) is 165 Å². The highest BCUT2D eigenvalue weighted by molar-refractivity contribution is 5.92. The molecule has 200 valence electrons. The Morgan fingerprint density at radius 2 is 1.89 bits per heavy atom. The van der Waals surface area contributed by atoms with Crippen LogP contribution in [0, 0.1) is 24.0 Å². The Balaban J connectivity index is 1.42. The number of benzene rings is 2. The van der Waals surface area contributed by atoms with Crippen LogP contribution in [0.1, 0.15) is 23.4 Å². The highest BCUT2D eigenvalue weighted by atomic mass is 19.1. The Kier molecular flexibility index (Phi) is 8.53. The van der Waals surface area contributed by atoms with E-state index in [0.717, 1.165) is 18.3 Å². The third-order valence-electron chi connectivity index (χ3n) is 5.63. The minimum absolute atomic E-state index is 0.0134. The predicted molar refractivity (Wildman–Crippen MR) is 135 cm³/mol. The fourth-order valence-electron chi connectivity index (χ4n) is 3.71. The Morgan fingerprint density at radius 3 is 2.58 bits per heavy atom. The molecule has 11 nitrogen and oxygen atoms in total. The third-order valence-corrected chi connectivity index (χ3v) is 5.63. The van der Waals surface area contributed by atoms with Gasteiger partial charge in [-0.2, -0.15) is 5.10 Å². The number of hydrogen-bond acceptors (Lipinski definition) is 11. The highest BCUT2D eigenvalue weighted by Gasteiger charge is 2.37. The smallest absolute Gasteiger partial charge is 0.202 e. The highest BCUT2D eigenvalue weighted by Crippen LogP contribution is 2.26. The number of halogens is 2. The zero-order valence-electron chi connectivity index (χ0n) is 20.2. The lowest BCUT2D eigenvalue weighted by Crippen LogP contribution is -2.51. The van der Waals surface area contributed by atoms with Gasteiger partial charge in [0.25, 0.3) is 0 Å². The van der Waals surface area contributed by atoms with E-state index in [2.05, 4.69) is 25.8 Å². The Morgan fingerprint density at radius 1 is 1.16 bits per heavy atom. The first-order valence-electron chi connectivity index (χ1n) is 11.6. The standard InChI is InChI=1S/C25H26F2N6O5/c1-13-30-24(32-19-7-4-15(26)8-18(19)27)17(10-28)25(31-13)33-29-11-14-2-5-16(6-3-14)37-22-9-20(35)23(36)21(12-34)38-22/h2-8,10-11,20-23,28,34-36H,9,12H2,1H3,(H2,30,31,32,33)/b28-10?,29-11-. The molecule has 2 aromatic carbocycles. The summed E-state index contributed by atoms with van der Waals surface area (Å²) in [5, 5.41) is 43.7. The van der Waals surface area contributed by atoms with Crippen molar-refractivity contribution < 1.29 is 33.6 Å². The number of aromatic nitrogens is 2. The van der Waals surface area contributed by atoms with Crippen LogP contribution in [-0.2, 0) is 4.74 Å². The van der Waals surface area contributed by atoms with Crippen LogP contribution in [0.25, 0.3) is 0 Å². The first-order chi connectivity index (χ1) is 18.3. The summed E-state index contributed by atoms with van der Waals surface area (Å²) in [4.78, 5) is 8.46. The summed E-state index contributed by atoms with van der Waals surface area (Å²) in [5.41, 5.74) is 3.63. The molecule has 1 saturated heterocycles. The number of nitrogens with one attached hydrogen (secondary N) is 3. The van der Waals surface area contributed by atoms with Crippen LogP contribution in [0.2, 0.25) is 0 Å². The van der Waals surface area contributed by atoms with Crippen LogP contribution in [0.15, 0.2) is 47.6 Å². The predicted octanol–water partition coefficient (Wildman–Crippen LogP) is 2.46. The Labute approximate surface area is 216 Å². The van der Waals surface area contributed by atoms with Crippen LogP contribution in [-0.4, -0.2) is 68.9 Å². The van der Waals surface area contributed by atoms with E-state index in [-0.39, 0.29) is 29.3 Å². The Bertz CT molecular complexity index is 1310. The number of nitrogens with zero attached hydrogens (tertiary/aromatic N) is 3. The Hall–Kier alpha value is -4.04. The van der Waals surface area contributed by atoms with Gasteiger partial charge in [0.1, 0.15) is 41.2 Å². The minimum atomic E-state index is -1.19. The molecule has 4 unspecified atom stereocenters. The number of aliphatic hydroxyl groups excluding tert-OH is 3. The fourth-order valence-corrected chi connectivity index (χ4v) is 3.71. The van der Waals surface area contributed by atoms with Crippen molar-refractivity contribution in [3.63, 3.8) is 0 Å². The second-order valence-corrected chi connectivity index (χ2v) is 8.41. The van der Waals surface area contributed by atoms with Gasteiger partial charge in [-0.25, -0.2) is 18.7 Å². The van der Waals surface area contributed by atoms with Gasteiger partial charge in [0.05, 0.1) is 30.2 Å². The van der Waals surface area contributed by atoms with Gasteiger partial charge < -0.3 is 35.5 Å². The molecule has 1 aliphatic rings.